The van der Waals surface area contributed by atoms with Gasteiger partial charge in [-0.15, -0.1) is 0 Å². The molecule has 0 bridgehead atoms. The topological polar surface area (TPSA) is 44.8 Å². The zero-order chi connectivity index (χ0) is 15.1. The predicted octanol–water partition coefficient (Wildman–Crippen LogP) is 1.80. The molecule has 0 unspecified atom stereocenters. The smallest absolute Gasteiger partial charge is 0.238 e. The van der Waals surface area contributed by atoms with Crippen molar-refractivity contribution in [3.05, 3.63) is 24.3 Å². The molecular weight excluding hydrogens is 266 g/mol. The minimum absolute atomic E-state index is 0.0325. The molecule has 1 aliphatic heterocycles. The van der Waals surface area contributed by atoms with E-state index in [2.05, 4.69) is 29.3 Å². The number of anilines is 2. The zero-order valence-corrected chi connectivity index (χ0v) is 13.0. The average molecular weight is 291 g/mol. The van der Waals surface area contributed by atoms with Gasteiger partial charge in [0, 0.05) is 24.5 Å². The van der Waals surface area contributed by atoms with Crippen molar-refractivity contribution in [2.45, 2.75) is 13.3 Å². The van der Waals surface area contributed by atoms with Gasteiger partial charge in [-0.25, -0.2) is 0 Å². The normalized spacial score (nSPS) is 15.3. The van der Waals surface area contributed by atoms with E-state index < -0.39 is 0 Å². The van der Waals surface area contributed by atoms with Crippen LogP contribution in [0.1, 0.15) is 13.3 Å². The van der Waals surface area contributed by atoms with Crippen molar-refractivity contribution in [1.29, 1.82) is 0 Å². The van der Waals surface area contributed by atoms with Crippen LogP contribution in [0.5, 0.6) is 0 Å². The molecule has 5 nitrogen and oxygen atoms in total. The molecule has 1 saturated heterocycles. The number of rotatable bonds is 6. The summed E-state index contributed by atoms with van der Waals surface area (Å²) in [5, 5.41) is 2.94. The first-order valence-electron chi connectivity index (χ1n) is 7.60. The molecule has 1 amide bonds. The largest absolute Gasteiger partial charge is 0.378 e. The van der Waals surface area contributed by atoms with E-state index in [9.17, 15) is 4.79 Å². The van der Waals surface area contributed by atoms with E-state index in [1.165, 1.54) is 5.69 Å². The lowest BCUT2D eigenvalue weighted by Gasteiger charge is -2.28. The van der Waals surface area contributed by atoms with Crippen LogP contribution in [0, 0.1) is 0 Å². The van der Waals surface area contributed by atoms with Crippen LogP contribution in [-0.4, -0.2) is 57.2 Å². The SMILES string of the molecule is CCCN(C)CC(=O)Nc1ccc(N2CCOCC2)cc1. The summed E-state index contributed by atoms with van der Waals surface area (Å²) in [5.74, 6) is 0.0325. The lowest BCUT2D eigenvalue weighted by atomic mass is 10.2. The van der Waals surface area contributed by atoms with E-state index in [1.807, 2.05) is 24.1 Å². The molecule has 1 aliphatic rings. The summed E-state index contributed by atoms with van der Waals surface area (Å²) < 4.78 is 5.35. The molecule has 5 heteroatoms. The van der Waals surface area contributed by atoms with Crippen LogP contribution >= 0.6 is 0 Å². The monoisotopic (exact) mass is 291 g/mol. The van der Waals surface area contributed by atoms with Gasteiger partial charge in [0.05, 0.1) is 19.8 Å². The van der Waals surface area contributed by atoms with E-state index in [1.54, 1.807) is 0 Å². The molecular formula is C16H25N3O2. The maximum absolute atomic E-state index is 11.9. The van der Waals surface area contributed by atoms with Gasteiger partial charge in [-0.1, -0.05) is 6.92 Å². The first-order chi connectivity index (χ1) is 10.2. The van der Waals surface area contributed by atoms with Crippen molar-refractivity contribution in [2.75, 3.05) is 56.7 Å². The number of carbonyl (C=O) groups is 1. The van der Waals surface area contributed by atoms with Gasteiger partial charge in [0.2, 0.25) is 5.91 Å². The van der Waals surface area contributed by atoms with Gasteiger partial charge in [0.25, 0.3) is 0 Å². The summed E-state index contributed by atoms with van der Waals surface area (Å²) in [6.45, 7) is 6.88. The van der Waals surface area contributed by atoms with Crippen molar-refractivity contribution in [3.8, 4) is 0 Å². The molecule has 1 N–H and O–H groups in total. The molecule has 116 valence electrons. The summed E-state index contributed by atoms with van der Waals surface area (Å²) in [6, 6.07) is 8.03. The van der Waals surface area contributed by atoms with Gasteiger partial charge in [-0.3, -0.25) is 9.69 Å². The quantitative estimate of drug-likeness (QED) is 0.868. The van der Waals surface area contributed by atoms with Crippen LogP contribution in [0.25, 0.3) is 0 Å². The Bertz CT molecular complexity index is 441. The standard InChI is InChI=1S/C16H25N3O2/c1-3-8-18(2)13-16(20)17-14-4-6-15(7-5-14)19-9-11-21-12-10-19/h4-7H,3,8-13H2,1-2H3,(H,17,20). The number of carbonyl (C=O) groups excluding carboxylic acids is 1. The molecule has 0 aromatic heterocycles. The Kier molecular flexibility index (Phi) is 6.02. The van der Waals surface area contributed by atoms with Gasteiger partial charge < -0.3 is 15.0 Å². The molecule has 1 aromatic rings. The van der Waals surface area contributed by atoms with Gasteiger partial charge >= 0.3 is 0 Å². The van der Waals surface area contributed by atoms with E-state index in [-0.39, 0.29) is 5.91 Å². The molecule has 0 atom stereocenters. The molecule has 0 saturated carbocycles. The summed E-state index contributed by atoms with van der Waals surface area (Å²) in [4.78, 5) is 16.2. The Balaban J connectivity index is 1.85. The van der Waals surface area contributed by atoms with Gasteiger partial charge in [0.15, 0.2) is 0 Å². The van der Waals surface area contributed by atoms with Crippen molar-refractivity contribution in [3.63, 3.8) is 0 Å². The number of nitrogens with zero attached hydrogens (tertiary/aromatic N) is 2. The average Bonchev–Trinajstić information content (AvgIpc) is 2.49. The fraction of sp³-hybridized carbons (Fsp3) is 0.562. The highest BCUT2D eigenvalue weighted by atomic mass is 16.5. The molecule has 0 radical (unpaired) electrons. The molecule has 0 aliphatic carbocycles. The minimum atomic E-state index is 0.0325. The Morgan fingerprint density at radius 3 is 2.57 bits per heavy atom. The molecule has 1 heterocycles. The van der Waals surface area contributed by atoms with E-state index >= 15 is 0 Å². The number of hydrogen-bond acceptors (Lipinski definition) is 4. The number of hydrogen-bond donors (Lipinski definition) is 1. The highest BCUT2D eigenvalue weighted by Gasteiger charge is 2.11. The van der Waals surface area contributed by atoms with Crippen LogP contribution in [-0.2, 0) is 9.53 Å². The number of ether oxygens (including phenoxy) is 1. The molecule has 21 heavy (non-hydrogen) atoms. The van der Waals surface area contributed by atoms with Gasteiger partial charge in [0.1, 0.15) is 0 Å². The van der Waals surface area contributed by atoms with Crippen molar-refractivity contribution < 1.29 is 9.53 Å². The van der Waals surface area contributed by atoms with Crippen molar-refractivity contribution in [2.24, 2.45) is 0 Å². The Labute approximate surface area is 126 Å². The Hall–Kier alpha value is -1.59. The van der Waals surface area contributed by atoms with Crippen LogP contribution in [0.4, 0.5) is 11.4 Å². The summed E-state index contributed by atoms with van der Waals surface area (Å²) in [5.41, 5.74) is 2.03. The zero-order valence-electron chi connectivity index (χ0n) is 13.0. The van der Waals surface area contributed by atoms with E-state index in [4.69, 9.17) is 4.74 Å². The number of morpholine rings is 1. The fourth-order valence-electron chi connectivity index (χ4n) is 2.48. The lowest BCUT2D eigenvalue weighted by Crippen LogP contribution is -2.36. The maximum atomic E-state index is 11.9. The third kappa shape index (κ3) is 5.02. The van der Waals surface area contributed by atoms with Crippen LogP contribution in [0.15, 0.2) is 24.3 Å². The third-order valence-corrected chi connectivity index (χ3v) is 3.55. The highest BCUT2D eigenvalue weighted by Crippen LogP contribution is 2.18. The number of benzene rings is 1. The second kappa shape index (κ2) is 8.00. The summed E-state index contributed by atoms with van der Waals surface area (Å²) in [6.07, 6.45) is 1.05. The molecule has 1 aromatic carbocycles. The Morgan fingerprint density at radius 2 is 1.95 bits per heavy atom. The van der Waals surface area contributed by atoms with E-state index in [0.717, 1.165) is 45.0 Å². The van der Waals surface area contributed by atoms with Gasteiger partial charge in [-0.2, -0.15) is 0 Å². The summed E-state index contributed by atoms with van der Waals surface area (Å²) >= 11 is 0. The maximum Gasteiger partial charge on any atom is 0.238 e. The van der Waals surface area contributed by atoms with Crippen molar-refractivity contribution in [1.82, 2.24) is 4.90 Å². The summed E-state index contributed by atoms with van der Waals surface area (Å²) in [7, 11) is 1.96. The Morgan fingerprint density at radius 1 is 1.29 bits per heavy atom. The van der Waals surface area contributed by atoms with E-state index in [0.29, 0.717) is 6.54 Å². The fourth-order valence-corrected chi connectivity index (χ4v) is 2.48. The lowest BCUT2D eigenvalue weighted by molar-refractivity contribution is -0.117. The second-order valence-electron chi connectivity index (χ2n) is 5.43. The molecule has 2 rings (SSSR count). The number of likely N-dealkylation sites (N-methyl/N-ethyl adjacent to an activating group) is 1. The number of nitrogens with one attached hydrogen (secondary N) is 1. The molecule has 0 spiro atoms. The highest BCUT2D eigenvalue weighted by molar-refractivity contribution is 5.92. The number of amides is 1. The predicted molar refractivity (Wildman–Crippen MR) is 85.9 cm³/mol. The molecule has 1 fully saturated rings. The first kappa shape index (κ1) is 15.8. The van der Waals surface area contributed by atoms with Crippen LogP contribution in [0.3, 0.4) is 0 Å². The van der Waals surface area contributed by atoms with Gasteiger partial charge in [-0.05, 0) is 44.3 Å². The third-order valence-electron chi connectivity index (χ3n) is 3.55. The minimum Gasteiger partial charge on any atom is -0.378 e. The second-order valence-corrected chi connectivity index (χ2v) is 5.43. The van der Waals surface area contributed by atoms with Crippen molar-refractivity contribution >= 4 is 17.3 Å². The van der Waals surface area contributed by atoms with Crippen LogP contribution in [0.2, 0.25) is 0 Å². The van der Waals surface area contributed by atoms with Crippen LogP contribution < -0.4 is 10.2 Å². The first-order valence-corrected chi connectivity index (χ1v) is 7.60.